The largest absolute Gasteiger partial charge is 0.497 e. The summed E-state index contributed by atoms with van der Waals surface area (Å²) in [5.74, 6) is 1.71. The number of furan rings is 1. The van der Waals surface area contributed by atoms with Crippen LogP contribution in [0.4, 0.5) is 5.69 Å². The van der Waals surface area contributed by atoms with Crippen molar-refractivity contribution in [1.82, 2.24) is 9.47 Å². The Morgan fingerprint density at radius 2 is 2.00 bits per heavy atom. The zero-order chi connectivity index (χ0) is 17.2. The van der Waals surface area contributed by atoms with E-state index in [2.05, 4.69) is 33.1 Å². The Hall–Kier alpha value is -2.73. The molecule has 0 saturated carbocycles. The van der Waals surface area contributed by atoms with E-state index in [1.54, 1.807) is 13.4 Å². The van der Waals surface area contributed by atoms with Crippen molar-refractivity contribution in [1.29, 1.82) is 0 Å². The van der Waals surface area contributed by atoms with E-state index in [1.165, 1.54) is 5.69 Å². The van der Waals surface area contributed by atoms with Crippen LogP contribution in [0.5, 0.6) is 5.75 Å². The summed E-state index contributed by atoms with van der Waals surface area (Å²) in [6, 6.07) is 15.8. The molecule has 3 aromatic rings. The third kappa shape index (κ3) is 3.00. The van der Waals surface area contributed by atoms with Gasteiger partial charge in [0.1, 0.15) is 17.6 Å². The maximum absolute atomic E-state index is 5.70. The number of ether oxygens (including phenoxy) is 1. The van der Waals surface area contributed by atoms with Gasteiger partial charge in [-0.2, -0.15) is 0 Å². The van der Waals surface area contributed by atoms with Crippen LogP contribution in [0.25, 0.3) is 0 Å². The van der Waals surface area contributed by atoms with E-state index in [1.807, 2.05) is 36.4 Å². The first kappa shape index (κ1) is 15.8. The van der Waals surface area contributed by atoms with Gasteiger partial charge in [-0.15, -0.1) is 0 Å². The van der Waals surface area contributed by atoms with Gasteiger partial charge in [0.05, 0.1) is 13.4 Å². The van der Waals surface area contributed by atoms with Crippen LogP contribution in [0.3, 0.4) is 0 Å². The molecule has 6 heteroatoms. The van der Waals surface area contributed by atoms with Crippen LogP contribution in [0.15, 0.2) is 65.4 Å². The van der Waals surface area contributed by atoms with Crippen molar-refractivity contribution < 1.29 is 9.15 Å². The number of rotatable bonds is 3. The second-order valence-electron chi connectivity index (χ2n) is 5.90. The van der Waals surface area contributed by atoms with E-state index in [0.29, 0.717) is 5.11 Å². The minimum atomic E-state index is -0.0306. The number of hydrogen-bond donors (Lipinski definition) is 1. The fraction of sp³-hybridized carbons (Fsp3) is 0.211. The number of benzene rings is 1. The molecule has 0 fully saturated rings. The summed E-state index contributed by atoms with van der Waals surface area (Å²) < 4.78 is 13.2. The molecule has 1 unspecified atom stereocenters. The van der Waals surface area contributed by atoms with Crippen molar-refractivity contribution >= 4 is 23.0 Å². The highest BCUT2D eigenvalue weighted by molar-refractivity contribution is 7.80. The molecule has 5 nitrogen and oxygen atoms in total. The van der Waals surface area contributed by atoms with E-state index in [4.69, 9.17) is 21.4 Å². The molecule has 0 radical (unpaired) electrons. The zero-order valence-electron chi connectivity index (χ0n) is 13.9. The van der Waals surface area contributed by atoms with E-state index in [0.717, 1.165) is 30.3 Å². The molecule has 1 atom stereocenters. The number of nitrogens with one attached hydrogen (secondary N) is 1. The Bertz CT molecular complexity index is 855. The van der Waals surface area contributed by atoms with Gasteiger partial charge in [0.2, 0.25) is 0 Å². The van der Waals surface area contributed by atoms with Crippen molar-refractivity contribution in [3.05, 3.63) is 72.4 Å². The maximum Gasteiger partial charge on any atom is 0.174 e. The van der Waals surface area contributed by atoms with Crippen molar-refractivity contribution in [3.8, 4) is 5.75 Å². The normalized spacial score (nSPS) is 16.4. The van der Waals surface area contributed by atoms with Crippen LogP contribution in [0.1, 0.15) is 17.5 Å². The number of nitrogens with zero attached hydrogens (tertiary/aromatic N) is 2. The van der Waals surface area contributed by atoms with Crippen LogP contribution in [0, 0.1) is 0 Å². The summed E-state index contributed by atoms with van der Waals surface area (Å²) in [4.78, 5) is 2.17. The number of hydrogen-bond acceptors (Lipinski definition) is 3. The van der Waals surface area contributed by atoms with E-state index in [9.17, 15) is 0 Å². The van der Waals surface area contributed by atoms with E-state index in [-0.39, 0.29) is 6.04 Å². The highest BCUT2D eigenvalue weighted by Gasteiger charge is 2.32. The van der Waals surface area contributed by atoms with Gasteiger partial charge in [0.25, 0.3) is 0 Å². The number of thiocarbonyl (C=S) groups is 1. The third-order valence-corrected chi connectivity index (χ3v) is 4.79. The van der Waals surface area contributed by atoms with Crippen molar-refractivity contribution in [2.24, 2.45) is 0 Å². The number of methoxy groups -OCH3 is 1. The Morgan fingerprint density at radius 3 is 2.72 bits per heavy atom. The van der Waals surface area contributed by atoms with Gasteiger partial charge in [-0.05, 0) is 60.7 Å². The predicted molar refractivity (Wildman–Crippen MR) is 101 cm³/mol. The first-order valence-corrected chi connectivity index (χ1v) is 8.57. The molecular weight excluding hydrogens is 334 g/mol. The third-order valence-electron chi connectivity index (χ3n) is 4.45. The molecule has 4 rings (SSSR count). The molecule has 2 aromatic heterocycles. The summed E-state index contributed by atoms with van der Waals surface area (Å²) in [5, 5.41) is 4.01. The van der Waals surface area contributed by atoms with Crippen LogP contribution in [-0.4, -0.2) is 28.2 Å². The van der Waals surface area contributed by atoms with Gasteiger partial charge in [0.15, 0.2) is 5.11 Å². The minimum absolute atomic E-state index is 0.0306. The molecule has 0 bridgehead atoms. The Balaban J connectivity index is 1.60. The molecular formula is C19H19N3O2S. The summed E-state index contributed by atoms with van der Waals surface area (Å²) in [7, 11) is 1.66. The Kier molecular flexibility index (Phi) is 4.19. The molecule has 1 aliphatic rings. The lowest BCUT2D eigenvalue weighted by Crippen LogP contribution is -2.44. The SMILES string of the molecule is COc1ccc(NC(=S)N2CCn3cccc3C2c2ccco2)cc1. The molecule has 0 spiro atoms. The molecule has 3 heterocycles. The average molecular weight is 353 g/mol. The first-order valence-electron chi connectivity index (χ1n) is 8.16. The summed E-state index contributed by atoms with van der Waals surface area (Å²) >= 11 is 5.70. The molecule has 0 amide bonds. The van der Waals surface area contributed by atoms with Crippen molar-refractivity contribution in [3.63, 3.8) is 0 Å². The van der Waals surface area contributed by atoms with Crippen molar-refractivity contribution in [2.75, 3.05) is 19.0 Å². The van der Waals surface area contributed by atoms with Gasteiger partial charge < -0.3 is 23.9 Å². The quantitative estimate of drug-likeness (QED) is 0.724. The molecule has 1 aliphatic heterocycles. The topological polar surface area (TPSA) is 42.6 Å². The number of fused-ring (bicyclic) bond motifs is 1. The lowest BCUT2D eigenvalue weighted by molar-refractivity contribution is 0.261. The number of aromatic nitrogens is 1. The zero-order valence-corrected chi connectivity index (χ0v) is 14.7. The smallest absolute Gasteiger partial charge is 0.174 e. The second-order valence-corrected chi connectivity index (χ2v) is 6.28. The van der Waals surface area contributed by atoms with Gasteiger partial charge in [-0.25, -0.2) is 0 Å². The van der Waals surface area contributed by atoms with Crippen molar-refractivity contribution in [2.45, 2.75) is 12.6 Å². The van der Waals surface area contributed by atoms with Gasteiger partial charge in [0, 0.05) is 30.7 Å². The lowest BCUT2D eigenvalue weighted by Gasteiger charge is -2.37. The van der Waals surface area contributed by atoms with Crippen LogP contribution >= 0.6 is 12.2 Å². The van der Waals surface area contributed by atoms with Gasteiger partial charge in [-0.3, -0.25) is 0 Å². The predicted octanol–water partition coefficient (Wildman–Crippen LogP) is 3.89. The second kappa shape index (κ2) is 6.64. The molecule has 128 valence electrons. The highest BCUT2D eigenvalue weighted by Crippen LogP contribution is 2.33. The Labute approximate surface area is 151 Å². The molecule has 25 heavy (non-hydrogen) atoms. The fourth-order valence-electron chi connectivity index (χ4n) is 3.22. The minimum Gasteiger partial charge on any atom is -0.497 e. The monoisotopic (exact) mass is 353 g/mol. The highest BCUT2D eigenvalue weighted by atomic mass is 32.1. The van der Waals surface area contributed by atoms with Gasteiger partial charge in [-0.1, -0.05) is 0 Å². The Morgan fingerprint density at radius 1 is 1.16 bits per heavy atom. The molecule has 1 N–H and O–H groups in total. The van der Waals surface area contributed by atoms with Crippen LogP contribution < -0.4 is 10.1 Å². The lowest BCUT2D eigenvalue weighted by atomic mass is 10.1. The molecule has 0 saturated heterocycles. The summed E-state index contributed by atoms with van der Waals surface area (Å²) in [5.41, 5.74) is 2.12. The van der Waals surface area contributed by atoms with E-state index < -0.39 is 0 Å². The first-order chi connectivity index (χ1) is 12.3. The molecule has 1 aromatic carbocycles. The van der Waals surface area contributed by atoms with Crippen LogP contribution in [0.2, 0.25) is 0 Å². The fourth-order valence-corrected chi connectivity index (χ4v) is 3.53. The number of anilines is 1. The standard InChI is InChI=1S/C19H19N3O2S/c1-23-15-8-6-14(7-9-15)20-19(25)22-12-11-21-10-2-4-16(21)18(22)17-5-3-13-24-17/h2-10,13,18H,11-12H2,1H3,(H,20,25). The molecule has 0 aliphatic carbocycles. The van der Waals surface area contributed by atoms with Gasteiger partial charge >= 0.3 is 0 Å². The van der Waals surface area contributed by atoms with E-state index >= 15 is 0 Å². The average Bonchev–Trinajstić information content (AvgIpc) is 3.33. The maximum atomic E-state index is 5.70. The summed E-state index contributed by atoms with van der Waals surface area (Å²) in [6.45, 7) is 1.71. The van der Waals surface area contributed by atoms with Crippen LogP contribution in [-0.2, 0) is 6.54 Å². The summed E-state index contributed by atoms with van der Waals surface area (Å²) in [6.07, 6.45) is 3.80.